The van der Waals surface area contributed by atoms with E-state index in [0.717, 1.165) is 18.7 Å². The number of hydrogen-bond donors (Lipinski definition) is 1. The van der Waals surface area contributed by atoms with Gasteiger partial charge in [0.1, 0.15) is 5.82 Å². The maximum Gasteiger partial charge on any atom is 0.223 e. The van der Waals surface area contributed by atoms with E-state index in [2.05, 4.69) is 22.1 Å². The van der Waals surface area contributed by atoms with Crippen molar-refractivity contribution < 1.29 is 4.79 Å². The number of imidazole rings is 1. The summed E-state index contributed by atoms with van der Waals surface area (Å²) in [4.78, 5) is 20.7. The number of H-pyrrole nitrogens is 1. The number of hydrogen-bond acceptors (Lipinski definition) is 2. The van der Waals surface area contributed by atoms with Gasteiger partial charge in [0.05, 0.1) is 6.54 Å². The fraction of sp³-hybridized carbons (Fsp3) is 0.500. The minimum atomic E-state index is 0.188. The Morgan fingerprint density at radius 1 is 1.69 bits per heavy atom. The topological polar surface area (TPSA) is 49.0 Å². The van der Waals surface area contributed by atoms with Crippen LogP contribution in [0.25, 0.3) is 0 Å². The highest BCUT2D eigenvalue weighted by Gasteiger charge is 2.17. The number of carbonyl (C=O) groups excluding carboxylic acids is 1. The molecule has 0 bridgehead atoms. The lowest BCUT2D eigenvalue weighted by Gasteiger charge is -2.17. The molecule has 1 aromatic rings. The van der Waals surface area contributed by atoms with E-state index in [1.54, 1.807) is 17.3 Å². The molecule has 16 heavy (non-hydrogen) atoms. The number of amides is 1. The third kappa shape index (κ3) is 2.72. The Labute approximate surface area is 95.4 Å². The van der Waals surface area contributed by atoms with Crippen LogP contribution in [0.15, 0.2) is 24.5 Å². The second-order valence-corrected chi connectivity index (χ2v) is 4.26. The highest BCUT2D eigenvalue weighted by molar-refractivity contribution is 5.76. The second kappa shape index (κ2) is 4.96. The van der Waals surface area contributed by atoms with Crippen LogP contribution < -0.4 is 0 Å². The van der Waals surface area contributed by atoms with E-state index in [0.29, 0.717) is 18.9 Å². The van der Waals surface area contributed by atoms with Gasteiger partial charge in [-0.3, -0.25) is 4.79 Å². The molecule has 1 aliphatic rings. The molecule has 1 amide bonds. The van der Waals surface area contributed by atoms with Crippen molar-refractivity contribution in [2.75, 3.05) is 7.05 Å². The van der Waals surface area contributed by atoms with E-state index in [1.165, 1.54) is 0 Å². The summed E-state index contributed by atoms with van der Waals surface area (Å²) in [5, 5.41) is 0. The molecule has 1 heterocycles. The zero-order chi connectivity index (χ0) is 11.4. The highest BCUT2D eigenvalue weighted by Crippen LogP contribution is 2.21. The Morgan fingerprint density at radius 2 is 2.56 bits per heavy atom. The van der Waals surface area contributed by atoms with Crippen LogP contribution >= 0.6 is 0 Å². The van der Waals surface area contributed by atoms with Crippen LogP contribution in [0.3, 0.4) is 0 Å². The molecule has 0 saturated heterocycles. The zero-order valence-corrected chi connectivity index (χ0v) is 9.52. The van der Waals surface area contributed by atoms with Crippen molar-refractivity contribution in [2.24, 2.45) is 5.92 Å². The van der Waals surface area contributed by atoms with Crippen molar-refractivity contribution >= 4 is 5.91 Å². The maximum absolute atomic E-state index is 11.9. The van der Waals surface area contributed by atoms with Crippen molar-refractivity contribution in [1.29, 1.82) is 0 Å². The minimum absolute atomic E-state index is 0.188. The molecule has 2 rings (SSSR count). The van der Waals surface area contributed by atoms with Gasteiger partial charge < -0.3 is 9.88 Å². The normalized spacial score (nSPS) is 18.9. The number of aromatic nitrogens is 2. The maximum atomic E-state index is 11.9. The molecule has 0 aliphatic heterocycles. The number of aromatic amines is 1. The highest BCUT2D eigenvalue weighted by atomic mass is 16.2. The lowest BCUT2D eigenvalue weighted by Crippen LogP contribution is -2.27. The number of allylic oxidation sites excluding steroid dienone is 2. The Kier molecular flexibility index (Phi) is 3.39. The van der Waals surface area contributed by atoms with E-state index < -0.39 is 0 Å². The van der Waals surface area contributed by atoms with Crippen LogP contribution in [0, 0.1) is 5.92 Å². The van der Waals surface area contributed by atoms with Gasteiger partial charge in [0.25, 0.3) is 0 Å². The van der Waals surface area contributed by atoms with Crippen LogP contribution in [-0.2, 0) is 11.3 Å². The first-order valence-electron chi connectivity index (χ1n) is 5.64. The largest absolute Gasteiger partial charge is 0.347 e. The molecule has 0 spiro atoms. The third-order valence-corrected chi connectivity index (χ3v) is 2.92. The molecule has 4 heteroatoms. The first kappa shape index (κ1) is 10.9. The Bertz CT molecular complexity index is 370. The quantitative estimate of drug-likeness (QED) is 0.784. The van der Waals surface area contributed by atoms with Gasteiger partial charge in [-0.25, -0.2) is 4.98 Å². The molecule has 1 atom stereocenters. The molecule has 0 saturated carbocycles. The van der Waals surface area contributed by atoms with Crippen molar-refractivity contribution in [3.05, 3.63) is 30.4 Å². The average Bonchev–Trinajstić information content (AvgIpc) is 2.90. The average molecular weight is 219 g/mol. The summed E-state index contributed by atoms with van der Waals surface area (Å²) in [5.41, 5.74) is 0. The zero-order valence-electron chi connectivity index (χ0n) is 9.52. The molecule has 0 fully saturated rings. The fourth-order valence-corrected chi connectivity index (χ4v) is 1.94. The van der Waals surface area contributed by atoms with Gasteiger partial charge in [0, 0.05) is 25.9 Å². The van der Waals surface area contributed by atoms with Gasteiger partial charge in [-0.1, -0.05) is 12.2 Å². The van der Waals surface area contributed by atoms with Gasteiger partial charge in [0.2, 0.25) is 5.91 Å². The monoisotopic (exact) mass is 219 g/mol. The molecular formula is C12H17N3O. The van der Waals surface area contributed by atoms with E-state index in [4.69, 9.17) is 0 Å². The van der Waals surface area contributed by atoms with Gasteiger partial charge in [-0.15, -0.1) is 0 Å². The van der Waals surface area contributed by atoms with Crippen LogP contribution in [0.2, 0.25) is 0 Å². The van der Waals surface area contributed by atoms with Gasteiger partial charge in [-0.2, -0.15) is 0 Å². The van der Waals surface area contributed by atoms with Crippen LogP contribution in [0.1, 0.15) is 25.1 Å². The van der Waals surface area contributed by atoms with Gasteiger partial charge >= 0.3 is 0 Å². The molecule has 1 unspecified atom stereocenters. The number of nitrogens with one attached hydrogen (secondary N) is 1. The minimum Gasteiger partial charge on any atom is -0.347 e. The molecule has 0 radical (unpaired) electrons. The molecule has 4 nitrogen and oxygen atoms in total. The first-order chi connectivity index (χ1) is 7.75. The summed E-state index contributed by atoms with van der Waals surface area (Å²) in [6, 6.07) is 0. The van der Waals surface area contributed by atoms with Crippen molar-refractivity contribution in [1.82, 2.24) is 14.9 Å². The van der Waals surface area contributed by atoms with E-state index >= 15 is 0 Å². The lowest BCUT2D eigenvalue weighted by molar-refractivity contribution is -0.131. The summed E-state index contributed by atoms with van der Waals surface area (Å²) < 4.78 is 0. The molecule has 0 aromatic carbocycles. The van der Waals surface area contributed by atoms with Crippen molar-refractivity contribution in [3.8, 4) is 0 Å². The Morgan fingerprint density at radius 3 is 3.19 bits per heavy atom. The predicted octanol–water partition coefficient (Wildman–Crippen LogP) is 1.72. The standard InChI is InChI=1S/C12H17N3O/c1-15(9-11-13-6-7-14-11)12(16)8-10-4-2-3-5-10/h2,4,6-7,10H,3,5,8-9H2,1H3,(H,13,14). The predicted molar refractivity (Wildman–Crippen MR) is 61.5 cm³/mol. The third-order valence-electron chi connectivity index (χ3n) is 2.92. The second-order valence-electron chi connectivity index (χ2n) is 4.26. The molecule has 1 N–H and O–H groups in total. The number of rotatable bonds is 4. The summed E-state index contributed by atoms with van der Waals surface area (Å²) in [5.74, 6) is 1.46. The molecule has 86 valence electrons. The summed E-state index contributed by atoms with van der Waals surface area (Å²) in [6.07, 6.45) is 10.6. The summed E-state index contributed by atoms with van der Waals surface area (Å²) in [6.45, 7) is 0.558. The fourth-order valence-electron chi connectivity index (χ4n) is 1.94. The van der Waals surface area contributed by atoms with Gasteiger partial charge in [0.15, 0.2) is 0 Å². The first-order valence-corrected chi connectivity index (χ1v) is 5.64. The number of nitrogens with zero attached hydrogens (tertiary/aromatic N) is 2. The van der Waals surface area contributed by atoms with Crippen LogP contribution in [0.4, 0.5) is 0 Å². The van der Waals surface area contributed by atoms with E-state index in [1.807, 2.05) is 7.05 Å². The smallest absolute Gasteiger partial charge is 0.223 e. The molecule has 1 aromatic heterocycles. The SMILES string of the molecule is CN(Cc1ncc[nH]1)C(=O)CC1C=CCC1. The van der Waals surface area contributed by atoms with Crippen LogP contribution in [-0.4, -0.2) is 27.8 Å². The van der Waals surface area contributed by atoms with E-state index in [-0.39, 0.29) is 5.91 Å². The Hall–Kier alpha value is -1.58. The lowest BCUT2D eigenvalue weighted by atomic mass is 10.0. The van der Waals surface area contributed by atoms with Crippen molar-refractivity contribution in [2.45, 2.75) is 25.8 Å². The molecular weight excluding hydrogens is 202 g/mol. The van der Waals surface area contributed by atoms with E-state index in [9.17, 15) is 4.79 Å². The summed E-state index contributed by atoms with van der Waals surface area (Å²) >= 11 is 0. The van der Waals surface area contributed by atoms with Gasteiger partial charge in [-0.05, 0) is 18.8 Å². The Balaban J connectivity index is 1.82. The van der Waals surface area contributed by atoms with Crippen LogP contribution in [0.5, 0.6) is 0 Å². The molecule has 1 aliphatic carbocycles. The summed E-state index contributed by atoms with van der Waals surface area (Å²) in [7, 11) is 1.82. The number of carbonyl (C=O) groups is 1. The van der Waals surface area contributed by atoms with Crippen molar-refractivity contribution in [3.63, 3.8) is 0 Å².